The Bertz CT molecular complexity index is 366. The van der Waals surface area contributed by atoms with E-state index in [2.05, 4.69) is 5.32 Å². The highest BCUT2D eigenvalue weighted by atomic mass is 16.5. The zero-order valence-electron chi connectivity index (χ0n) is 9.45. The van der Waals surface area contributed by atoms with Crippen molar-refractivity contribution in [2.24, 2.45) is 0 Å². The first kappa shape index (κ1) is 12.3. The van der Waals surface area contributed by atoms with Gasteiger partial charge in [0, 0.05) is 19.3 Å². The van der Waals surface area contributed by atoms with Gasteiger partial charge in [-0.25, -0.2) is 0 Å². The van der Waals surface area contributed by atoms with Crippen LogP contribution in [0.25, 0.3) is 0 Å². The van der Waals surface area contributed by atoms with E-state index in [0.29, 0.717) is 30.2 Å². The molecule has 16 heavy (non-hydrogen) atoms. The summed E-state index contributed by atoms with van der Waals surface area (Å²) in [6.07, 6.45) is 0. The first-order valence-corrected chi connectivity index (χ1v) is 4.90. The lowest BCUT2D eigenvalue weighted by atomic mass is 10.1. The molecule has 1 amide bonds. The molecule has 5 nitrogen and oxygen atoms in total. The molecule has 1 aromatic rings. The van der Waals surface area contributed by atoms with Crippen molar-refractivity contribution >= 4 is 11.6 Å². The van der Waals surface area contributed by atoms with Gasteiger partial charge in [-0.15, -0.1) is 0 Å². The topological polar surface area (TPSA) is 73.6 Å². The Morgan fingerprint density at radius 1 is 1.44 bits per heavy atom. The highest BCUT2D eigenvalue weighted by Crippen LogP contribution is 2.23. The van der Waals surface area contributed by atoms with Gasteiger partial charge in [0.2, 0.25) is 0 Å². The molecule has 0 heterocycles. The van der Waals surface area contributed by atoms with Crippen LogP contribution >= 0.6 is 0 Å². The summed E-state index contributed by atoms with van der Waals surface area (Å²) >= 11 is 0. The monoisotopic (exact) mass is 224 g/mol. The van der Waals surface area contributed by atoms with Gasteiger partial charge in [0.25, 0.3) is 5.91 Å². The average molecular weight is 224 g/mol. The van der Waals surface area contributed by atoms with Crippen molar-refractivity contribution in [3.8, 4) is 5.75 Å². The molecule has 0 spiro atoms. The van der Waals surface area contributed by atoms with Crippen LogP contribution in [0.1, 0.15) is 10.4 Å². The maximum atomic E-state index is 11.8. The van der Waals surface area contributed by atoms with E-state index in [9.17, 15) is 4.79 Å². The van der Waals surface area contributed by atoms with Crippen LogP contribution in [0.15, 0.2) is 18.2 Å². The molecule has 0 aliphatic rings. The summed E-state index contributed by atoms with van der Waals surface area (Å²) in [5, 5.41) is 2.69. The molecule has 1 aromatic carbocycles. The van der Waals surface area contributed by atoms with E-state index < -0.39 is 0 Å². The van der Waals surface area contributed by atoms with Gasteiger partial charge in [-0.3, -0.25) is 4.79 Å². The van der Waals surface area contributed by atoms with E-state index in [1.807, 2.05) is 0 Å². The molecule has 0 aliphatic carbocycles. The van der Waals surface area contributed by atoms with Gasteiger partial charge in [0.15, 0.2) is 0 Å². The van der Waals surface area contributed by atoms with Gasteiger partial charge in [-0.1, -0.05) is 6.07 Å². The number of carbonyl (C=O) groups excluding carboxylic acids is 1. The zero-order valence-corrected chi connectivity index (χ0v) is 9.45. The number of anilines is 1. The standard InChI is InChI=1S/C11H16N2O3/c1-15-7-6-13-11(14)10-8(12)4-3-5-9(10)16-2/h3-5H,6-7,12H2,1-2H3,(H,13,14). The van der Waals surface area contributed by atoms with Crippen molar-refractivity contribution in [2.75, 3.05) is 33.1 Å². The predicted octanol–water partition coefficient (Wildman–Crippen LogP) is 0.654. The number of nitrogens with one attached hydrogen (secondary N) is 1. The van der Waals surface area contributed by atoms with E-state index in [1.54, 1.807) is 25.3 Å². The summed E-state index contributed by atoms with van der Waals surface area (Å²) in [6, 6.07) is 5.09. The summed E-state index contributed by atoms with van der Waals surface area (Å²) in [5.41, 5.74) is 6.49. The second-order valence-electron chi connectivity index (χ2n) is 3.17. The number of hydrogen-bond donors (Lipinski definition) is 2. The van der Waals surface area contributed by atoms with Crippen molar-refractivity contribution in [2.45, 2.75) is 0 Å². The van der Waals surface area contributed by atoms with Crippen LogP contribution in [0.3, 0.4) is 0 Å². The second-order valence-corrected chi connectivity index (χ2v) is 3.17. The smallest absolute Gasteiger partial charge is 0.257 e. The molecular weight excluding hydrogens is 208 g/mol. The third kappa shape index (κ3) is 2.87. The number of nitrogens with two attached hydrogens (primary N) is 1. The van der Waals surface area contributed by atoms with E-state index in [1.165, 1.54) is 7.11 Å². The lowest BCUT2D eigenvalue weighted by molar-refractivity contribution is 0.0935. The van der Waals surface area contributed by atoms with Gasteiger partial charge in [-0.2, -0.15) is 0 Å². The lowest BCUT2D eigenvalue weighted by Crippen LogP contribution is -2.28. The van der Waals surface area contributed by atoms with Gasteiger partial charge in [-0.05, 0) is 12.1 Å². The molecule has 0 aromatic heterocycles. The number of amides is 1. The van der Waals surface area contributed by atoms with Crippen molar-refractivity contribution < 1.29 is 14.3 Å². The Morgan fingerprint density at radius 3 is 2.81 bits per heavy atom. The quantitative estimate of drug-likeness (QED) is 0.569. The fraction of sp³-hybridized carbons (Fsp3) is 0.364. The van der Waals surface area contributed by atoms with E-state index in [0.717, 1.165) is 0 Å². The molecule has 3 N–H and O–H groups in total. The SMILES string of the molecule is COCCNC(=O)c1c(N)cccc1OC. The van der Waals surface area contributed by atoms with E-state index >= 15 is 0 Å². The lowest BCUT2D eigenvalue weighted by Gasteiger charge is -2.11. The molecule has 0 saturated heterocycles. The van der Waals surface area contributed by atoms with Gasteiger partial charge < -0.3 is 20.5 Å². The summed E-state index contributed by atoms with van der Waals surface area (Å²) < 4.78 is 9.92. The van der Waals surface area contributed by atoms with Crippen LogP contribution < -0.4 is 15.8 Å². The first-order valence-electron chi connectivity index (χ1n) is 4.90. The van der Waals surface area contributed by atoms with E-state index in [-0.39, 0.29) is 5.91 Å². The summed E-state index contributed by atoms with van der Waals surface area (Å²) in [4.78, 5) is 11.8. The number of benzene rings is 1. The van der Waals surface area contributed by atoms with Crippen LogP contribution in [0, 0.1) is 0 Å². The Hall–Kier alpha value is -1.75. The van der Waals surface area contributed by atoms with Crippen molar-refractivity contribution in [1.29, 1.82) is 0 Å². The summed E-state index contributed by atoms with van der Waals surface area (Å²) in [5.74, 6) is 0.210. The van der Waals surface area contributed by atoms with Crippen LogP contribution in [0.4, 0.5) is 5.69 Å². The fourth-order valence-electron chi connectivity index (χ4n) is 1.32. The Morgan fingerprint density at radius 2 is 2.19 bits per heavy atom. The molecule has 0 saturated carbocycles. The van der Waals surface area contributed by atoms with Gasteiger partial charge in [0.05, 0.1) is 13.7 Å². The zero-order chi connectivity index (χ0) is 12.0. The largest absolute Gasteiger partial charge is 0.496 e. The Balaban J connectivity index is 2.81. The van der Waals surface area contributed by atoms with Crippen molar-refractivity contribution in [3.63, 3.8) is 0 Å². The maximum absolute atomic E-state index is 11.8. The Labute approximate surface area is 94.5 Å². The minimum atomic E-state index is -0.257. The molecule has 0 atom stereocenters. The number of hydrogen-bond acceptors (Lipinski definition) is 4. The first-order chi connectivity index (χ1) is 7.70. The van der Waals surface area contributed by atoms with Crippen LogP contribution in [-0.4, -0.2) is 33.3 Å². The maximum Gasteiger partial charge on any atom is 0.257 e. The molecule has 0 aliphatic heterocycles. The normalized spacial score (nSPS) is 9.88. The molecule has 88 valence electrons. The molecular formula is C11H16N2O3. The number of ether oxygens (including phenoxy) is 2. The fourth-order valence-corrected chi connectivity index (χ4v) is 1.32. The molecule has 5 heteroatoms. The number of carbonyl (C=O) groups is 1. The number of rotatable bonds is 5. The highest BCUT2D eigenvalue weighted by Gasteiger charge is 2.14. The van der Waals surface area contributed by atoms with Gasteiger partial charge in [0.1, 0.15) is 11.3 Å². The highest BCUT2D eigenvalue weighted by molar-refractivity contribution is 6.01. The molecule has 0 unspecified atom stereocenters. The van der Waals surface area contributed by atoms with Crippen LogP contribution in [0.2, 0.25) is 0 Å². The summed E-state index contributed by atoms with van der Waals surface area (Å²) in [7, 11) is 3.07. The van der Waals surface area contributed by atoms with Crippen molar-refractivity contribution in [1.82, 2.24) is 5.32 Å². The predicted molar refractivity (Wildman–Crippen MR) is 61.6 cm³/mol. The third-order valence-corrected chi connectivity index (χ3v) is 2.10. The molecule has 0 radical (unpaired) electrons. The minimum absolute atomic E-state index is 0.257. The van der Waals surface area contributed by atoms with Crippen LogP contribution in [0.5, 0.6) is 5.75 Å². The number of methoxy groups -OCH3 is 2. The molecule has 0 bridgehead atoms. The minimum Gasteiger partial charge on any atom is -0.496 e. The number of nitrogen functional groups attached to an aromatic ring is 1. The molecule has 0 fully saturated rings. The second kappa shape index (κ2) is 5.97. The van der Waals surface area contributed by atoms with E-state index in [4.69, 9.17) is 15.2 Å². The van der Waals surface area contributed by atoms with Crippen molar-refractivity contribution in [3.05, 3.63) is 23.8 Å². The Kier molecular flexibility index (Phi) is 4.60. The van der Waals surface area contributed by atoms with Gasteiger partial charge >= 0.3 is 0 Å². The summed E-state index contributed by atoms with van der Waals surface area (Å²) in [6.45, 7) is 0.896. The molecule has 1 rings (SSSR count). The third-order valence-electron chi connectivity index (χ3n) is 2.10. The average Bonchev–Trinajstić information content (AvgIpc) is 2.28. The van der Waals surface area contributed by atoms with Crippen LogP contribution in [-0.2, 0) is 4.74 Å².